The summed E-state index contributed by atoms with van der Waals surface area (Å²) in [5.74, 6) is 0.375. The van der Waals surface area contributed by atoms with Crippen molar-refractivity contribution >= 4 is 5.91 Å². The summed E-state index contributed by atoms with van der Waals surface area (Å²) in [7, 11) is 3.65. The Morgan fingerprint density at radius 2 is 2.12 bits per heavy atom. The highest BCUT2D eigenvalue weighted by molar-refractivity contribution is 5.92. The quantitative estimate of drug-likeness (QED) is 0.915. The van der Waals surface area contributed by atoms with Crippen LogP contribution in [0.4, 0.5) is 0 Å². The Kier molecular flexibility index (Phi) is 4.53. The first-order valence-electron chi connectivity index (χ1n) is 8.02. The number of aryl methyl sites for hydroxylation is 2. The summed E-state index contributed by atoms with van der Waals surface area (Å²) in [6.07, 6.45) is 0. The van der Waals surface area contributed by atoms with E-state index in [2.05, 4.69) is 27.3 Å². The second-order valence-corrected chi connectivity index (χ2v) is 6.23. The molecule has 3 heterocycles. The predicted octanol–water partition coefficient (Wildman–Crippen LogP) is 1.28. The molecule has 3 rings (SSSR count). The molecule has 1 aliphatic heterocycles. The predicted molar refractivity (Wildman–Crippen MR) is 90.0 cm³/mol. The fraction of sp³-hybridized carbons (Fsp3) is 0.471. The molecule has 0 unspecified atom stereocenters. The average Bonchev–Trinajstić information content (AvgIpc) is 2.96. The first-order chi connectivity index (χ1) is 11.5. The molecular formula is C17H23N5O2. The molecule has 2 aromatic rings. The van der Waals surface area contributed by atoms with E-state index >= 15 is 0 Å². The van der Waals surface area contributed by atoms with Crippen molar-refractivity contribution in [3.8, 4) is 5.88 Å². The Bertz CT molecular complexity index is 769. The molecule has 0 atom stereocenters. The number of carbonyl (C=O) groups excluding carboxylic acids is 1. The maximum atomic E-state index is 12.4. The van der Waals surface area contributed by atoms with Crippen LogP contribution in [0.1, 0.15) is 33.0 Å². The van der Waals surface area contributed by atoms with Crippen LogP contribution in [0.2, 0.25) is 0 Å². The van der Waals surface area contributed by atoms with Gasteiger partial charge < -0.3 is 10.1 Å². The molecule has 1 amide bonds. The number of carbonyl (C=O) groups is 1. The van der Waals surface area contributed by atoms with Crippen LogP contribution < -0.4 is 10.1 Å². The summed E-state index contributed by atoms with van der Waals surface area (Å²) >= 11 is 0. The van der Waals surface area contributed by atoms with Crippen LogP contribution in [0.15, 0.2) is 12.1 Å². The van der Waals surface area contributed by atoms with Gasteiger partial charge >= 0.3 is 0 Å². The fourth-order valence-electron chi connectivity index (χ4n) is 2.98. The molecule has 2 aromatic heterocycles. The SMILES string of the molecule is COc1nc(C)cc(C)c1CNC(=O)c1cc2n(n1)CCN(C)C2. The number of hydrogen-bond acceptors (Lipinski definition) is 5. The molecule has 0 aromatic carbocycles. The monoisotopic (exact) mass is 329 g/mol. The molecule has 128 valence electrons. The summed E-state index contributed by atoms with van der Waals surface area (Å²) in [4.78, 5) is 19.0. The third-order valence-electron chi connectivity index (χ3n) is 4.28. The first-order valence-corrected chi connectivity index (χ1v) is 8.02. The lowest BCUT2D eigenvalue weighted by molar-refractivity contribution is 0.0944. The number of hydrogen-bond donors (Lipinski definition) is 1. The number of aromatic nitrogens is 3. The van der Waals surface area contributed by atoms with Crippen LogP contribution in [0.3, 0.4) is 0 Å². The average molecular weight is 329 g/mol. The summed E-state index contributed by atoms with van der Waals surface area (Å²) < 4.78 is 7.25. The first kappa shape index (κ1) is 16.4. The van der Waals surface area contributed by atoms with Gasteiger partial charge in [-0.05, 0) is 38.6 Å². The molecule has 0 radical (unpaired) electrons. The zero-order chi connectivity index (χ0) is 17.3. The number of ether oxygens (including phenoxy) is 1. The standard InChI is InChI=1S/C17H23N5O2/c1-11-7-12(2)19-17(24-4)14(11)9-18-16(23)15-8-13-10-21(3)5-6-22(13)20-15/h7-8H,5-6,9-10H2,1-4H3,(H,18,23). The van der Waals surface area contributed by atoms with E-state index in [1.165, 1.54) is 0 Å². The molecule has 0 bridgehead atoms. The Morgan fingerprint density at radius 1 is 1.33 bits per heavy atom. The molecule has 0 saturated heterocycles. The lowest BCUT2D eigenvalue weighted by Gasteiger charge is -2.22. The molecule has 0 fully saturated rings. The molecular weight excluding hydrogens is 306 g/mol. The van der Waals surface area contributed by atoms with Crippen molar-refractivity contribution < 1.29 is 9.53 Å². The van der Waals surface area contributed by atoms with Crippen molar-refractivity contribution in [3.05, 3.63) is 40.3 Å². The van der Waals surface area contributed by atoms with Gasteiger partial charge in [-0.25, -0.2) is 4.98 Å². The van der Waals surface area contributed by atoms with E-state index < -0.39 is 0 Å². The van der Waals surface area contributed by atoms with Crippen molar-refractivity contribution in [1.82, 2.24) is 25.0 Å². The minimum absolute atomic E-state index is 0.179. The van der Waals surface area contributed by atoms with E-state index in [0.29, 0.717) is 18.1 Å². The molecule has 0 spiro atoms. The van der Waals surface area contributed by atoms with Crippen LogP contribution in [0.25, 0.3) is 0 Å². The molecule has 7 nitrogen and oxygen atoms in total. The van der Waals surface area contributed by atoms with Crippen LogP contribution in [0.5, 0.6) is 5.88 Å². The highest BCUT2D eigenvalue weighted by atomic mass is 16.5. The van der Waals surface area contributed by atoms with Crippen LogP contribution in [-0.2, 0) is 19.6 Å². The van der Waals surface area contributed by atoms with Gasteiger partial charge in [-0.1, -0.05) is 0 Å². The number of likely N-dealkylation sites (N-methyl/N-ethyl adjacent to an activating group) is 1. The van der Waals surface area contributed by atoms with Gasteiger partial charge in [-0.2, -0.15) is 5.10 Å². The second kappa shape index (κ2) is 6.60. The van der Waals surface area contributed by atoms with Crippen LogP contribution in [-0.4, -0.2) is 46.3 Å². The molecule has 24 heavy (non-hydrogen) atoms. The Morgan fingerprint density at radius 3 is 2.88 bits per heavy atom. The Labute approximate surface area is 141 Å². The molecule has 1 aliphatic rings. The van der Waals surface area contributed by atoms with Gasteiger partial charge in [-0.15, -0.1) is 0 Å². The van der Waals surface area contributed by atoms with E-state index in [4.69, 9.17) is 4.74 Å². The highest BCUT2D eigenvalue weighted by Crippen LogP contribution is 2.20. The number of rotatable bonds is 4. The largest absolute Gasteiger partial charge is 0.481 e. The zero-order valence-corrected chi connectivity index (χ0v) is 14.6. The maximum Gasteiger partial charge on any atom is 0.272 e. The van der Waals surface area contributed by atoms with E-state index in [0.717, 1.165) is 42.1 Å². The third kappa shape index (κ3) is 3.26. The summed E-state index contributed by atoms with van der Waals surface area (Å²) in [5.41, 5.74) is 4.35. The van der Waals surface area contributed by atoms with E-state index in [1.54, 1.807) is 7.11 Å². The van der Waals surface area contributed by atoms with Gasteiger partial charge in [0.15, 0.2) is 5.69 Å². The van der Waals surface area contributed by atoms with Crippen LogP contribution >= 0.6 is 0 Å². The molecule has 1 N–H and O–H groups in total. The Balaban J connectivity index is 1.73. The minimum Gasteiger partial charge on any atom is -0.481 e. The molecule has 0 aliphatic carbocycles. The molecule has 7 heteroatoms. The highest BCUT2D eigenvalue weighted by Gasteiger charge is 2.19. The van der Waals surface area contributed by atoms with Gasteiger partial charge in [0.2, 0.25) is 5.88 Å². The van der Waals surface area contributed by atoms with E-state index in [1.807, 2.05) is 30.7 Å². The van der Waals surface area contributed by atoms with Gasteiger partial charge in [-0.3, -0.25) is 14.4 Å². The van der Waals surface area contributed by atoms with Gasteiger partial charge in [0, 0.05) is 30.9 Å². The van der Waals surface area contributed by atoms with E-state index in [-0.39, 0.29) is 5.91 Å². The number of nitrogens with one attached hydrogen (secondary N) is 1. The summed E-state index contributed by atoms with van der Waals surface area (Å²) in [6.45, 7) is 6.85. The normalized spacial score (nSPS) is 14.3. The van der Waals surface area contributed by atoms with Crippen molar-refractivity contribution in [2.45, 2.75) is 33.5 Å². The maximum absolute atomic E-state index is 12.4. The number of nitrogens with zero attached hydrogens (tertiary/aromatic N) is 4. The van der Waals surface area contributed by atoms with Crippen molar-refractivity contribution in [1.29, 1.82) is 0 Å². The summed E-state index contributed by atoms with van der Waals surface area (Å²) in [5, 5.41) is 7.33. The van der Waals surface area contributed by atoms with Gasteiger partial charge in [0.25, 0.3) is 5.91 Å². The zero-order valence-electron chi connectivity index (χ0n) is 14.6. The third-order valence-corrected chi connectivity index (χ3v) is 4.28. The minimum atomic E-state index is -0.179. The number of methoxy groups -OCH3 is 1. The fourth-order valence-corrected chi connectivity index (χ4v) is 2.98. The smallest absolute Gasteiger partial charge is 0.272 e. The topological polar surface area (TPSA) is 72.3 Å². The number of fused-ring (bicyclic) bond motifs is 1. The van der Waals surface area contributed by atoms with Crippen molar-refractivity contribution in [2.24, 2.45) is 0 Å². The van der Waals surface area contributed by atoms with Gasteiger partial charge in [0.1, 0.15) is 0 Å². The number of pyridine rings is 1. The van der Waals surface area contributed by atoms with Crippen molar-refractivity contribution in [3.63, 3.8) is 0 Å². The van der Waals surface area contributed by atoms with E-state index in [9.17, 15) is 4.79 Å². The lowest BCUT2D eigenvalue weighted by atomic mass is 10.1. The van der Waals surface area contributed by atoms with Crippen LogP contribution in [0, 0.1) is 13.8 Å². The second-order valence-electron chi connectivity index (χ2n) is 6.23. The Hall–Kier alpha value is -2.41. The number of amides is 1. The molecule has 0 saturated carbocycles. The van der Waals surface area contributed by atoms with Gasteiger partial charge in [0.05, 0.1) is 19.3 Å². The summed E-state index contributed by atoms with van der Waals surface area (Å²) in [6, 6.07) is 3.84. The lowest BCUT2D eigenvalue weighted by Crippen LogP contribution is -2.30. The van der Waals surface area contributed by atoms with Crippen molar-refractivity contribution in [2.75, 3.05) is 20.7 Å².